The van der Waals surface area contributed by atoms with Crippen molar-refractivity contribution in [2.45, 2.75) is 40.0 Å². The maximum Gasteiger partial charge on any atom is 0.241 e. The van der Waals surface area contributed by atoms with Crippen molar-refractivity contribution in [3.8, 4) is 0 Å². The lowest BCUT2D eigenvalue weighted by Gasteiger charge is -2.36. The van der Waals surface area contributed by atoms with Crippen LogP contribution in [0.3, 0.4) is 0 Å². The molecular weight excluding hydrogens is 312 g/mol. The Hall–Kier alpha value is -1.88. The van der Waals surface area contributed by atoms with E-state index < -0.39 is 0 Å². The van der Waals surface area contributed by atoms with E-state index in [-0.39, 0.29) is 5.91 Å². The number of nitrogens with zero attached hydrogens (tertiary/aromatic N) is 3. The maximum atomic E-state index is 12.0. The first-order valence-electron chi connectivity index (χ1n) is 9.39. The number of anilines is 1. The number of amides is 1. The molecule has 1 aromatic rings. The van der Waals surface area contributed by atoms with Gasteiger partial charge in [0.15, 0.2) is 0 Å². The molecular formula is C20H32N4O. The van der Waals surface area contributed by atoms with E-state index >= 15 is 0 Å². The molecule has 1 saturated heterocycles. The van der Waals surface area contributed by atoms with Crippen LogP contribution in [0.2, 0.25) is 0 Å². The highest BCUT2D eigenvalue weighted by Crippen LogP contribution is 2.15. The summed E-state index contributed by atoms with van der Waals surface area (Å²) in [7, 11) is 0. The van der Waals surface area contributed by atoms with Gasteiger partial charge in [-0.2, -0.15) is 5.10 Å². The number of hydrazone groups is 1. The van der Waals surface area contributed by atoms with Crippen LogP contribution in [0.4, 0.5) is 5.69 Å². The van der Waals surface area contributed by atoms with Gasteiger partial charge in [0, 0.05) is 50.5 Å². The Balaban J connectivity index is 1.64. The first kappa shape index (κ1) is 19.4. The summed E-state index contributed by atoms with van der Waals surface area (Å²) in [6.07, 6.45) is 2.56. The van der Waals surface area contributed by atoms with Gasteiger partial charge in [0.1, 0.15) is 0 Å². The van der Waals surface area contributed by atoms with Crippen molar-refractivity contribution in [2.24, 2.45) is 11.0 Å². The molecule has 1 fully saturated rings. The molecule has 1 aliphatic rings. The van der Waals surface area contributed by atoms with Gasteiger partial charge in [0.05, 0.1) is 0 Å². The molecule has 2 rings (SSSR count). The predicted octanol–water partition coefficient (Wildman–Crippen LogP) is 3.13. The Morgan fingerprint density at radius 2 is 1.80 bits per heavy atom. The Morgan fingerprint density at radius 1 is 1.12 bits per heavy atom. The van der Waals surface area contributed by atoms with Gasteiger partial charge < -0.3 is 4.90 Å². The minimum absolute atomic E-state index is 0.00869. The highest BCUT2D eigenvalue weighted by Gasteiger charge is 2.17. The van der Waals surface area contributed by atoms with E-state index in [1.54, 1.807) is 0 Å². The van der Waals surface area contributed by atoms with E-state index in [1.807, 2.05) is 13.0 Å². The number of para-hydroxylation sites is 1. The summed E-state index contributed by atoms with van der Waals surface area (Å²) < 4.78 is 0. The second-order valence-electron chi connectivity index (χ2n) is 7.23. The summed E-state index contributed by atoms with van der Waals surface area (Å²) in [6.45, 7) is 11.2. The largest absolute Gasteiger partial charge is 0.369 e. The second-order valence-corrected chi connectivity index (χ2v) is 7.23. The first-order chi connectivity index (χ1) is 12.0. The topological polar surface area (TPSA) is 47.9 Å². The fraction of sp³-hybridized carbons (Fsp3) is 0.600. The minimum Gasteiger partial charge on any atom is -0.369 e. The number of rotatable bonds is 8. The Morgan fingerprint density at radius 3 is 2.44 bits per heavy atom. The number of hydrogen-bond donors (Lipinski definition) is 1. The van der Waals surface area contributed by atoms with Crippen LogP contribution in [0, 0.1) is 5.92 Å². The molecule has 1 aromatic carbocycles. The van der Waals surface area contributed by atoms with Crippen molar-refractivity contribution < 1.29 is 4.79 Å². The number of benzene rings is 1. The van der Waals surface area contributed by atoms with Crippen molar-refractivity contribution in [1.82, 2.24) is 10.3 Å². The Bertz CT molecular complexity index is 548. The molecule has 0 unspecified atom stereocenters. The summed E-state index contributed by atoms with van der Waals surface area (Å²) in [6, 6.07) is 10.5. The van der Waals surface area contributed by atoms with Crippen LogP contribution in [0.25, 0.3) is 0 Å². The van der Waals surface area contributed by atoms with Crippen molar-refractivity contribution in [1.29, 1.82) is 0 Å². The molecule has 138 valence electrons. The highest BCUT2D eigenvalue weighted by atomic mass is 16.2. The smallest absolute Gasteiger partial charge is 0.241 e. The highest BCUT2D eigenvalue weighted by molar-refractivity contribution is 5.84. The standard InChI is InChI=1S/C20H32N4O/c1-17(2)9-10-18(3)21-22-20(25)11-12-23-13-15-24(16-14-23)19-7-5-4-6-8-19/h4-8,17H,9-16H2,1-3H3,(H,22,25)/b21-18-. The summed E-state index contributed by atoms with van der Waals surface area (Å²) in [5, 5.41) is 4.20. The Labute approximate surface area is 152 Å². The average molecular weight is 345 g/mol. The summed E-state index contributed by atoms with van der Waals surface area (Å²) in [4.78, 5) is 16.7. The first-order valence-corrected chi connectivity index (χ1v) is 9.39. The van der Waals surface area contributed by atoms with Crippen LogP contribution in [-0.2, 0) is 4.79 Å². The molecule has 1 aliphatic heterocycles. The third-order valence-electron chi connectivity index (χ3n) is 4.60. The third kappa shape index (κ3) is 7.26. The molecule has 0 radical (unpaired) electrons. The lowest BCUT2D eigenvalue weighted by atomic mass is 10.1. The fourth-order valence-electron chi connectivity index (χ4n) is 2.90. The van der Waals surface area contributed by atoms with Gasteiger partial charge in [-0.25, -0.2) is 5.43 Å². The number of carbonyl (C=O) groups excluding carboxylic acids is 1. The van der Waals surface area contributed by atoms with Crippen LogP contribution in [0.1, 0.15) is 40.0 Å². The molecule has 0 spiro atoms. The van der Waals surface area contributed by atoms with Crippen molar-refractivity contribution in [2.75, 3.05) is 37.6 Å². The van der Waals surface area contributed by atoms with E-state index in [1.165, 1.54) is 5.69 Å². The van der Waals surface area contributed by atoms with Gasteiger partial charge in [-0.05, 0) is 37.8 Å². The zero-order valence-electron chi connectivity index (χ0n) is 15.9. The second kappa shape index (κ2) is 10.2. The minimum atomic E-state index is 0.00869. The molecule has 25 heavy (non-hydrogen) atoms. The molecule has 5 heteroatoms. The quantitative estimate of drug-likeness (QED) is 0.582. The third-order valence-corrected chi connectivity index (χ3v) is 4.60. The molecule has 5 nitrogen and oxygen atoms in total. The van der Waals surface area contributed by atoms with Gasteiger partial charge in [-0.3, -0.25) is 9.69 Å². The summed E-state index contributed by atoms with van der Waals surface area (Å²) >= 11 is 0. The molecule has 0 aliphatic carbocycles. The molecule has 0 bridgehead atoms. The zero-order valence-corrected chi connectivity index (χ0v) is 15.9. The van der Waals surface area contributed by atoms with E-state index in [2.05, 4.69) is 58.4 Å². The lowest BCUT2D eigenvalue weighted by molar-refractivity contribution is -0.121. The number of nitrogens with one attached hydrogen (secondary N) is 1. The van der Waals surface area contributed by atoms with Gasteiger partial charge in [-0.1, -0.05) is 32.0 Å². The van der Waals surface area contributed by atoms with E-state index in [0.29, 0.717) is 12.3 Å². The molecule has 0 atom stereocenters. The molecule has 1 amide bonds. The van der Waals surface area contributed by atoms with Gasteiger partial charge >= 0.3 is 0 Å². The predicted molar refractivity (Wildman–Crippen MR) is 105 cm³/mol. The Kier molecular flexibility index (Phi) is 7.92. The van der Waals surface area contributed by atoms with Crippen LogP contribution < -0.4 is 10.3 Å². The van der Waals surface area contributed by atoms with E-state index in [9.17, 15) is 4.79 Å². The molecule has 0 saturated carbocycles. The van der Waals surface area contributed by atoms with Crippen molar-refractivity contribution >= 4 is 17.3 Å². The van der Waals surface area contributed by atoms with Crippen LogP contribution in [-0.4, -0.2) is 49.2 Å². The molecule has 1 N–H and O–H groups in total. The lowest BCUT2D eigenvalue weighted by Crippen LogP contribution is -2.47. The zero-order chi connectivity index (χ0) is 18.1. The van der Waals surface area contributed by atoms with Gasteiger partial charge in [-0.15, -0.1) is 0 Å². The van der Waals surface area contributed by atoms with Crippen molar-refractivity contribution in [3.05, 3.63) is 30.3 Å². The van der Waals surface area contributed by atoms with E-state index in [0.717, 1.165) is 51.3 Å². The van der Waals surface area contributed by atoms with Gasteiger partial charge in [0.2, 0.25) is 5.91 Å². The number of piperazine rings is 1. The monoisotopic (exact) mass is 344 g/mol. The van der Waals surface area contributed by atoms with Gasteiger partial charge in [0.25, 0.3) is 0 Å². The normalized spacial score (nSPS) is 16.3. The molecule has 1 heterocycles. The number of carbonyl (C=O) groups is 1. The molecule has 0 aromatic heterocycles. The van der Waals surface area contributed by atoms with Crippen LogP contribution >= 0.6 is 0 Å². The SMILES string of the molecule is C/C(CCC(C)C)=N/NC(=O)CCN1CCN(c2ccccc2)CC1. The summed E-state index contributed by atoms with van der Waals surface area (Å²) in [5.41, 5.74) is 4.97. The van der Waals surface area contributed by atoms with Crippen molar-refractivity contribution in [3.63, 3.8) is 0 Å². The maximum absolute atomic E-state index is 12.0. The van der Waals surface area contributed by atoms with Crippen LogP contribution in [0.5, 0.6) is 0 Å². The number of hydrogen-bond acceptors (Lipinski definition) is 4. The van der Waals surface area contributed by atoms with E-state index in [4.69, 9.17) is 0 Å². The average Bonchev–Trinajstić information content (AvgIpc) is 2.64. The fourth-order valence-corrected chi connectivity index (χ4v) is 2.90. The van der Waals surface area contributed by atoms with Crippen LogP contribution in [0.15, 0.2) is 35.4 Å². The summed E-state index contributed by atoms with van der Waals surface area (Å²) in [5.74, 6) is 0.671.